The predicted octanol–water partition coefficient (Wildman–Crippen LogP) is 1.30. The van der Waals surface area contributed by atoms with Crippen LogP contribution in [-0.2, 0) is 9.47 Å². The third-order valence-electron chi connectivity index (χ3n) is 2.18. The van der Waals surface area contributed by atoms with Gasteiger partial charge in [0.05, 0.1) is 24.9 Å². The maximum atomic E-state index is 11.1. The number of nitrogens with one attached hydrogen (secondary N) is 1. The summed E-state index contributed by atoms with van der Waals surface area (Å²) in [6, 6.07) is 0.0917. The molecule has 0 spiro atoms. The fourth-order valence-corrected chi connectivity index (χ4v) is 1.57. The van der Waals surface area contributed by atoms with Crippen molar-refractivity contribution in [3.63, 3.8) is 0 Å². The first-order chi connectivity index (χ1) is 6.13. The quantitative estimate of drug-likeness (QED) is 0.708. The molecule has 0 saturated carbocycles. The number of rotatable bonds is 2. The van der Waals surface area contributed by atoms with Crippen LogP contribution in [0.4, 0.5) is 4.79 Å². The van der Waals surface area contributed by atoms with Gasteiger partial charge in [0.1, 0.15) is 0 Å². The molecule has 0 aromatic rings. The van der Waals surface area contributed by atoms with Crippen molar-refractivity contribution in [2.45, 2.75) is 45.4 Å². The summed E-state index contributed by atoms with van der Waals surface area (Å²) >= 11 is 0. The van der Waals surface area contributed by atoms with Gasteiger partial charge >= 0.3 is 6.09 Å². The molecule has 4 nitrogen and oxygen atoms in total. The topological polar surface area (TPSA) is 47.6 Å². The zero-order valence-corrected chi connectivity index (χ0v) is 8.37. The lowest BCUT2D eigenvalue weighted by atomic mass is 10.1. The number of alkyl carbamates (subject to hydrolysis) is 1. The molecule has 13 heavy (non-hydrogen) atoms. The van der Waals surface area contributed by atoms with Crippen LogP contribution < -0.4 is 5.32 Å². The molecule has 1 aliphatic heterocycles. The Bertz CT molecular complexity index is 184. The number of amides is 1. The minimum atomic E-state index is -0.350. The monoisotopic (exact) mass is 187 g/mol. The fourth-order valence-electron chi connectivity index (χ4n) is 1.57. The van der Waals surface area contributed by atoms with E-state index >= 15 is 0 Å². The molecule has 1 rings (SSSR count). The lowest BCUT2D eigenvalue weighted by Crippen LogP contribution is -2.39. The van der Waals surface area contributed by atoms with E-state index in [1.54, 1.807) is 6.92 Å². The lowest BCUT2D eigenvalue weighted by Gasteiger charge is -2.14. The summed E-state index contributed by atoms with van der Waals surface area (Å²) in [5.74, 6) is 0. The number of ether oxygens (including phenoxy) is 2. The van der Waals surface area contributed by atoms with Gasteiger partial charge in [-0.05, 0) is 27.2 Å². The van der Waals surface area contributed by atoms with Gasteiger partial charge in [0.2, 0.25) is 0 Å². The van der Waals surface area contributed by atoms with Crippen LogP contribution in [0.15, 0.2) is 0 Å². The summed E-state index contributed by atoms with van der Waals surface area (Å²) in [5.41, 5.74) is 0. The predicted molar refractivity (Wildman–Crippen MR) is 48.6 cm³/mol. The molecule has 0 radical (unpaired) electrons. The van der Waals surface area contributed by atoms with Crippen LogP contribution >= 0.6 is 0 Å². The van der Waals surface area contributed by atoms with Gasteiger partial charge in [-0.15, -0.1) is 0 Å². The third kappa shape index (κ3) is 2.88. The normalized spacial score (nSPS) is 33.0. The Hall–Kier alpha value is -0.770. The molecule has 1 N–H and O–H groups in total. The first-order valence-corrected chi connectivity index (χ1v) is 4.72. The molecule has 1 amide bonds. The van der Waals surface area contributed by atoms with Crippen molar-refractivity contribution in [2.24, 2.45) is 0 Å². The average Bonchev–Trinajstić information content (AvgIpc) is 2.30. The number of carbonyl (C=O) groups excluding carboxylic acids is 1. The molecule has 0 aromatic heterocycles. The molecule has 1 fully saturated rings. The van der Waals surface area contributed by atoms with E-state index in [-0.39, 0.29) is 24.3 Å². The molecule has 1 aliphatic rings. The van der Waals surface area contributed by atoms with E-state index in [2.05, 4.69) is 5.32 Å². The van der Waals surface area contributed by atoms with Crippen molar-refractivity contribution in [3.05, 3.63) is 0 Å². The molecule has 4 heteroatoms. The molecule has 3 unspecified atom stereocenters. The highest BCUT2D eigenvalue weighted by Crippen LogP contribution is 2.19. The maximum absolute atomic E-state index is 11.1. The molecular formula is C9H17NO3. The minimum absolute atomic E-state index is 0.0828. The summed E-state index contributed by atoms with van der Waals surface area (Å²) in [6.45, 7) is 6.16. The first-order valence-electron chi connectivity index (χ1n) is 4.72. The third-order valence-corrected chi connectivity index (χ3v) is 2.18. The number of hydrogen-bond acceptors (Lipinski definition) is 3. The van der Waals surface area contributed by atoms with Gasteiger partial charge in [-0.2, -0.15) is 0 Å². The Morgan fingerprint density at radius 2 is 2.31 bits per heavy atom. The molecule has 1 saturated heterocycles. The standard InChI is InChI=1S/C9H17NO3/c1-4-12-9(11)10-8-5-6(2)13-7(8)3/h6-8H,4-5H2,1-3H3,(H,10,11). The molecular weight excluding hydrogens is 170 g/mol. The Morgan fingerprint density at radius 1 is 1.62 bits per heavy atom. The Labute approximate surface area is 78.6 Å². The molecule has 3 atom stereocenters. The molecule has 0 bridgehead atoms. The van der Waals surface area contributed by atoms with Crippen LogP contribution in [0, 0.1) is 0 Å². The summed E-state index contributed by atoms with van der Waals surface area (Å²) in [6.07, 6.45) is 0.818. The van der Waals surface area contributed by atoms with Crippen LogP contribution in [0.5, 0.6) is 0 Å². The van der Waals surface area contributed by atoms with Gasteiger partial charge in [-0.3, -0.25) is 0 Å². The van der Waals surface area contributed by atoms with Crippen LogP contribution in [-0.4, -0.2) is 30.9 Å². The number of carbonyl (C=O) groups is 1. The average molecular weight is 187 g/mol. The van der Waals surface area contributed by atoms with Crippen LogP contribution in [0.25, 0.3) is 0 Å². The van der Waals surface area contributed by atoms with E-state index in [9.17, 15) is 4.79 Å². The van der Waals surface area contributed by atoms with E-state index < -0.39 is 0 Å². The van der Waals surface area contributed by atoms with E-state index in [4.69, 9.17) is 9.47 Å². The summed E-state index contributed by atoms with van der Waals surface area (Å²) in [4.78, 5) is 11.1. The van der Waals surface area contributed by atoms with Crippen molar-refractivity contribution in [1.29, 1.82) is 0 Å². The second kappa shape index (κ2) is 4.46. The van der Waals surface area contributed by atoms with Crippen LogP contribution in [0.1, 0.15) is 27.2 Å². The maximum Gasteiger partial charge on any atom is 0.407 e. The second-order valence-electron chi connectivity index (χ2n) is 3.36. The van der Waals surface area contributed by atoms with E-state index in [1.807, 2.05) is 13.8 Å². The second-order valence-corrected chi connectivity index (χ2v) is 3.36. The largest absolute Gasteiger partial charge is 0.450 e. The van der Waals surface area contributed by atoms with E-state index in [1.165, 1.54) is 0 Å². The molecule has 0 aromatic carbocycles. The molecule has 1 heterocycles. The van der Waals surface area contributed by atoms with Crippen molar-refractivity contribution >= 4 is 6.09 Å². The van der Waals surface area contributed by atoms with Crippen molar-refractivity contribution in [2.75, 3.05) is 6.61 Å². The fraction of sp³-hybridized carbons (Fsp3) is 0.889. The highest BCUT2D eigenvalue weighted by molar-refractivity contribution is 5.67. The van der Waals surface area contributed by atoms with Gasteiger partial charge in [-0.25, -0.2) is 4.79 Å². The highest BCUT2D eigenvalue weighted by Gasteiger charge is 2.30. The zero-order chi connectivity index (χ0) is 9.84. The van der Waals surface area contributed by atoms with Crippen molar-refractivity contribution in [1.82, 2.24) is 5.32 Å². The Balaban J connectivity index is 2.32. The van der Waals surface area contributed by atoms with Crippen LogP contribution in [0.2, 0.25) is 0 Å². The summed E-state index contributed by atoms with van der Waals surface area (Å²) < 4.78 is 10.3. The van der Waals surface area contributed by atoms with E-state index in [0.717, 1.165) is 6.42 Å². The van der Waals surface area contributed by atoms with Gasteiger partial charge in [0.25, 0.3) is 0 Å². The lowest BCUT2D eigenvalue weighted by molar-refractivity contribution is 0.0594. The van der Waals surface area contributed by atoms with Gasteiger partial charge in [0.15, 0.2) is 0 Å². The van der Waals surface area contributed by atoms with Gasteiger partial charge < -0.3 is 14.8 Å². The summed E-state index contributed by atoms with van der Waals surface area (Å²) in [5, 5.41) is 2.77. The van der Waals surface area contributed by atoms with E-state index in [0.29, 0.717) is 6.61 Å². The van der Waals surface area contributed by atoms with Crippen LogP contribution in [0.3, 0.4) is 0 Å². The summed E-state index contributed by atoms with van der Waals surface area (Å²) in [7, 11) is 0. The zero-order valence-electron chi connectivity index (χ0n) is 8.37. The van der Waals surface area contributed by atoms with Gasteiger partial charge in [-0.1, -0.05) is 0 Å². The number of hydrogen-bond donors (Lipinski definition) is 1. The van der Waals surface area contributed by atoms with Crippen molar-refractivity contribution < 1.29 is 14.3 Å². The highest BCUT2D eigenvalue weighted by atomic mass is 16.5. The first kappa shape index (κ1) is 10.3. The minimum Gasteiger partial charge on any atom is -0.450 e. The smallest absolute Gasteiger partial charge is 0.407 e. The molecule has 76 valence electrons. The van der Waals surface area contributed by atoms with Crippen molar-refractivity contribution in [3.8, 4) is 0 Å². The van der Waals surface area contributed by atoms with Gasteiger partial charge in [0, 0.05) is 0 Å². The SMILES string of the molecule is CCOC(=O)NC1CC(C)OC1C. The molecule has 0 aliphatic carbocycles. The Kier molecular flexibility index (Phi) is 3.54. The Morgan fingerprint density at radius 3 is 2.77 bits per heavy atom.